The summed E-state index contributed by atoms with van der Waals surface area (Å²) >= 11 is 0. The van der Waals surface area contributed by atoms with E-state index in [1.807, 2.05) is 35.2 Å². The quantitative estimate of drug-likeness (QED) is 0.915. The fourth-order valence-corrected chi connectivity index (χ4v) is 2.95. The van der Waals surface area contributed by atoms with Gasteiger partial charge in [0.15, 0.2) is 0 Å². The molecule has 1 heterocycles. The number of nitrogens with zero attached hydrogens (tertiary/aromatic N) is 2. The molecule has 1 aliphatic carbocycles. The molecule has 2 fully saturated rings. The van der Waals surface area contributed by atoms with Gasteiger partial charge in [0.2, 0.25) is 11.8 Å². The largest absolute Gasteiger partial charge is 0.340 e. The van der Waals surface area contributed by atoms with Crippen molar-refractivity contribution in [2.45, 2.75) is 13.3 Å². The number of carbonyl (C=O) groups is 2. The maximum atomic E-state index is 12.2. The van der Waals surface area contributed by atoms with Crippen LogP contribution in [-0.2, 0) is 9.59 Å². The molecule has 1 saturated carbocycles. The second-order valence-electron chi connectivity index (χ2n) is 6.34. The van der Waals surface area contributed by atoms with Crippen molar-refractivity contribution < 1.29 is 9.59 Å². The van der Waals surface area contributed by atoms with E-state index < -0.39 is 0 Å². The summed E-state index contributed by atoms with van der Waals surface area (Å²) < 4.78 is 0. The summed E-state index contributed by atoms with van der Waals surface area (Å²) in [5.41, 5.74) is 0.823. The van der Waals surface area contributed by atoms with Crippen molar-refractivity contribution in [1.29, 1.82) is 0 Å². The first-order chi connectivity index (χ1) is 10.6. The van der Waals surface area contributed by atoms with Gasteiger partial charge in [-0.05, 0) is 24.5 Å². The summed E-state index contributed by atoms with van der Waals surface area (Å²) in [7, 11) is 0. The molecule has 0 bridgehead atoms. The fourth-order valence-electron chi connectivity index (χ4n) is 2.95. The van der Waals surface area contributed by atoms with Crippen molar-refractivity contribution in [2.24, 2.45) is 11.8 Å². The molecule has 1 saturated heterocycles. The van der Waals surface area contributed by atoms with Gasteiger partial charge in [0.25, 0.3) is 0 Å². The van der Waals surface area contributed by atoms with E-state index in [1.54, 1.807) is 0 Å². The third kappa shape index (κ3) is 3.65. The number of nitrogens with one attached hydrogen (secondary N) is 1. The SMILES string of the molecule is CC1CC1C(=O)N1CCN(CC(=O)Nc2ccccc2)CC1. The van der Waals surface area contributed by atoms with E-state index in [0.717, 1.165) is 38.3 Å². The standard InChI is InChI=1S/C17H23N3O2/c1-13-11-15(13)17(22)20-9-7-19(8-10-20)12-16(21)18-14-5-3-2-4-6-14/h2-6,13,15H,7-12H2,1H3,(H,18,21). The Labute approximate surface area is 131 Å². The summed E-state index contributed by atoms with van der Waals surface area (Å²) in [4.78, 5) is 28.3. The van der Waals surface area contributed by atoms with Crippen molar-refractivity contribution >= 4 is 17.5 Å². The van der Waals surface area contributed by atoms with Gasteiger partial charge in [0.1, 0.15) is 0 Å². The highest BCUT2D eigenvalue weighted by atomic mass is 16.2. The summed E-state index contributed by atoms with van der Waals surface area (Å²) in [6.07, 6.45) is 1.04. The summed E-state index contributed by atoms with van der Waals surface area (Å²) in [6.45, 7) is 5.54. The molecule has 2 atom stereocenters. The van der Waals surface area contributed by atoms with Gasteiger partial charge in [-0.15, -0.1) is 0 Å². The topological polar surface area (TPSA) is 52.7 Å². The molecule has 1 aliphatic heterocycles. The predicted octanol–water partition coefficient (Wildman–Crippen LogP) is 1.43. The molecule has 2 amide bonds. The Morgan fingerprint density at radius 2 is 1.77 bits per heavy atom. The van der Waals surface area contributed by atoms with Crippen LogP contribution in [0.5, 0.6) is 0 Å². The van der Waals surface area contributed by atoms with E-state index in [2.05, 4.69) is 17.1 Å². The van der Waals surface area contributed by atoms with E-state index in [1.165, 1.54) is 0 Å². The summed E-state index contributed by atoms with van der Waals surface area (Å²) in [5.74, 6) is 1.12. The molecule has 118 valence electrons. The normalized spacial score (nSPS) is 24.9. The first-order valence-electron chi connectivity index (χ1n) is 7.99. The van der Waals surface area contributed by atoms with E-state index in [4.69, 9.17) is 0 Å². The third-order valence-corrected chi connectivity index (χ3v) is 4.54. The number of benzene rings is 1. The second-order valence-corrected chi connectivity index (χ2v) is 6.34. The van der Waals surface area contributed by atoms with Crippen LogP contribution in [0.1, 0.15) is 13.3 Å². The van der Waals surface area contributed by atoms with Crippen molar-refractivity contribution in [3.8, 4) is 0 Å². The highest BCUT2D eigenvalue weighted by Gasteiger charge is 2.41. The second kappa shape index (κ2) is 6.48. The molecule has 1 aromatic rings. The monoisotopic (exact) mass is 301 g/mol. The van der Waals surface area contributed by atoms with Crippen LogP contribution < -0.4 is 5.32 Å². The van der Waals surface area contributed by atoms with Gasteiger partial charge >= 0.3 is 0 Å². The predicted molar refractivity (Wildman–Crippen MR) is 85.4 cm³/mol. The van der Waals surface area contributed by atoms with Gasteiger partial charge in [0.05, 0.1) is 6.54 Å². The molecular weight excluding hydrogens is 278 g/mol. The Kier molecular flexibility index (Phi) is 4.43. The van der Waals surface area contributed by atoms with Crippen LogP contribution in [0.4, 0.5) is 5.69 Å². The number of piperazine rings is 1. The molecule has 2 unspecified atom stereocenters. The van der Waals surface area contributed by atoms with E-state index in [0.29, 0.717) is 18.4 Å². The number of anilines is 1. The lowest BCUT2D eigenvalue weighted by atomic mass is 10.2. The van der Waals surface area contributed by atoms with Gasteiger partial charge in [-0.25, -0.2) is 0 Å². The zero-order valence-corrected chi connectivity index (χ0v) is 13.0. The molecule has 2 aliphatic rings. The van der Waals surface area contributed by atoms with Gasteiger partial charge < -0.3 is 10.2 Å². The number of para-hydroxylation sites is 1. The summed E-state index contributed by atoms with van der Waals surface area (Å²) in [6, 6.07) is 9.49. The lowest BCUT2D eigenvalue weighted by Gasteiger charge is -2.34. The molecule has 22 heavy (non-hydrogen) atoms. The first kappa shape index (κ1) is 15.0. The Balaban J connectivity index is 1.42. The van der Waals surface area contributed by atoms with Crippen molar-refractivity contribution in [3.05, 3.63) is 30.3 Å². The molecule has 5 nitrogen and oxygen atoms in total. The fraction of sp³-hybridized carbons (Fsp3) is 0.529. The Bertz CT molecular complexity index is 538. The van der Waals surface area contributed by atoms with Crippen LogP contribution >= 0.6 is 0 Å². The van der Waals surface area contributed by atoms with Crippen LogP contribution in [0.2, 0.25) is 0 Å². The minimum atomic E-state index is 0.00166. The third-order valence-electron chi connectivity index (χ3n) is 4.54. The number of amides is 2. The van der Waals surface area contributed by atoms with Crippen LogP contribution in [0, 0.1) is 11.8 Å². The van der Waals surface area contributed by atoms with Crippen LogP contribution in [0.15, 0.2) is 30.3 Å². The van der Waals surface area contributed by atoms with Crippen molar-refractivity contribution in [1.82, 2.24) is 9.80 Å². The zero-order chi connectivity index (χ0) is 15.5. The van der Waals surface area contributed by atoms with Crippen LogP contribution in [0.25, 0.3) is 0 Å². The van der Waals surface area contributed by atoms with Crippen molar-refractivity contribution in [3.63, 3.8) is 0 Å². The smallest absolute Gasteiger partial charge is 0.238 e. The molecule has 1 aromatic carbocycles. The molecular formula is C17H23N3O2. The van der Waals surface area contributed by atoms with Gasteiger partial charge in [-0.3, -0.25) is 14.5 Å². The average Bonchev–Trinajstić information content (AvgIpc) is 3.25. The minimum Gasteiger partial charge on any atom is -0.340 e. The number of rotatable bonds is 4. The van der Waals surface area contributed by atoms with Crippen molar-refractivity contribution in [2.75, 3.05) is 38.0 Å². The molecule has 0 spiro atoms. The molecule has 1 N–H and O–H groups in total. The van der Waals surface area contributed by atoms with Crippen LogP contribution in [0.3, 0.4) is 0 Å². The molecule has 0 radical (unpaired) electrons. The number of hydrogen-bond donors (Lipinski definition) is 1. The lowest BCUT2D eigenvalue weighted by molar-refractivity contribution is -0.134. The average molecular weight is 301 g/mol. The minimum absolute atomic E-state index is 0.00166. The van der Waals surface area contributed by atoms with E-state index >= 15 is 0 Å². The molecule has 0 aromatic heterocycles. The highest BCUT2D eigenvalue weighted by molar-refractivity contribution is 5.92. The summed E-state index contributed by atoms with van der Waals surface area (Å²) in [5, 5.41) is 2.90. The number of hydrogen-bond acceptors (Lipinski definition) is 3. The highest BCUT2D eigenvalue weighted by Crippen LogP contribution is 2.39. The number of carbonyl (C=O) groups excluding carboxylic acids is 2. The maximum Gasteiger partial charge on any atom is 0.238 e. The maximum absolute atomic E-state index is 12.2. The van der Waals surface area contributed by atoms with Gasteiger partial charge in [-0.1, -0.05) is 25.1 Å². The molecule has 3 rings (SSSR count). The zero-order valence-electron chi connectivity index (χ0n) is 13.0. The van der Waals surface area contributed by atoms with Gasteiger partial charge in [0, 0.05) is 37.8 Å². The molecule has 5 heteroatoms. The Morgan fingerprint density at radius 3 is 2.36 bits per heavy atom. The Morgan fingerprint density at radius 1 is 1.14 bits per heavy atom. The van der Waals surface area contributed by atoms with Gasteiger partial charge in [-0.2, -0.15) is 0 Å². The van der Waals surface area contributed by atoms with E-state index in [-0.39, 0.29) is 11.8 Å². The van der Waals surface area contributed by atoms with E-state index in [9.17, 15) is 9.59 Å². The Hall–Kier alpha value is -1.88. The lowest BCUT2D eigenvalue weighted by Crippen LogP contribution is -2.51. The first-order valence-corrected chi connectivity index (χ1v) is 7.99. The van der Waals surface area contributed by atoms with Crippen LogP contribution in [-0.4, -0.2) is 54.3 Å².